The van der Waals surface area contributed by atoms with E-state index >= 15 is 0 Å². The Balaban J connectivity index is 2.97. The van der Waals surface area contributed by atoms with Crippen LogP contribution in [0.3, 0.4) is 0 Å². The van der Waals surface area contributed by atoms with Crippen molar-refractivity contribution in [1.29, 1.82) is 0 Å². The monoisotopic (exact) mass is 247 g/mol. The van der Waals surface area contributed by atoms with Crippen LogP contribution in [0.5, 0.6) is 0 Å². The maximum absolute atomic E-state index is 12.9. The van der Waals surface area contributed by atoms with Crippen LogP contribution in [-0.4, -0.2) is 42.9 Å². The van der Waals surface area contributed by atoms with Crippen molar-refractivity contribution in [2.45, 2.75) is 18.2 Å². The fourth-order valence-electron chi connectivity index (χ4n) is 1.77. The molecule has 0 aromatic heterocycles. The van der Waals surface area contributed by atoms with E-state index in [1.54, 1.807) is 20.2 Å². The maximum Gasteiger partial charge on any atom is 0.398 e. The van der Waals surface area contributed by atoms with Crippen LogP contribution >= 0.6 is 0 Å². The summed E-state index contributed by atoms with van der Waals surface area (Å²) in [7, 11) is 3.25. The van der Waals surface area contributed by atoms with Gasteiger partial charge in [-0.15, -0.1) is 0 Å². The molecule has 0 saturated heterocycles. The lowest BCUT2D eigenvalue weighted by molar-refractivity contribution is -0.173. The van der Waals surface area contributed by atoms with Crippen LogP contribution in [0.25, 0.3) is 0 Å². The molecule has 0 bridgehead atoms. The lowest BCUT2D eigenvalue weighted by Gasteiger charge is -2.27. The van der Waals surface area contributed by atoms with Gasteiger partial charge in [0, 0.05) is 6.54 Å². The van der Waals surface area contributed by atoms with Gasteiger partial charge in [0.05, 0.1) is 6.10 Å². The molecule has 1 N–H and O–H groups in total. The van der Waals surface area contributed by atoms with E-state index in [1.165, 1.54) is 29.2 Å². The lowest BCUT2D eigenvalue weighted by atomic mass is 9.92. The van der Waals surface area contributed by atoms with Gasteiger partial charge in [0.1, 0.15) is 5.92 Å². The topological polar surface area (TPSA) is 23.5 Å². The Morgan fingerprint density at radius 1 is 1.18 bits per heavy atom. The first-order chi connectivity index (χ1) is 7.82. The van der Waals surface area contributed by atoms with Gasteiger partial charge in [-0.05, 0) is 19.7 Å². The predicted molar refractivity (Wildman–Crippen MR) is 59.8 cm³/mol. The molecule has 5 heteroatoms. The minimum absolute atomic E-state index is 0.0287. The maximum atomic E-state index is 12.9. The van der Waals surface area contributed by atoms with Crippen molar-refractivity contribution >= 4 is 0 Å². The zero-order chi connectivity index (χ0) is 13.1. The number of rotatable bonds is 4. The van der Waals surface area contributed by atoms with E-state index in [0.29, 0.717) is 0 Å². The Labute approximate surface area is 98.7 Å². The number of halogens is 3. The minimum atomic E-state index is -4.45. The number of hydrogen-bond donors (Lipinski definition) is 1. The van der Waals surface area contributed by atoms with Crippen molar-refractivity contribution in [1.82, 2.24) is 4.90 Å². The molecule has 0 fully saturated rings. The van der Waals surface area contributed by atoms with Crippen LogP contribution in [-0.2, 0) is 0 Å². The number of aliphatic hydroxyl groups excluding tert-OH is 1. The molecule has 0 radical (unpaired) electrons. The molecule has 2 unspecified atom stereocenters. The Hall–Kier alpha value is -1.07. The Morgan fingerprint density at radius 3 is 2.12 bits per heavy atom. The first kappa shape index (κ1) is 14.0. The van der Waals surface area contributed by atoms with E-state index in [0.717, 1.165) is 0 Å². The number of likely N-dealkylation sites (N-methyl/N-ethyl adjacent to an activating group) is 1. The predicted octanol–water partition coefficient (Wildman–Crippen LogP) is 2.25. The molecule has 96 valence electrons. The zero-order valence-corrected chi connectivity index (χ0v) is 9.78. The van der Waals surface area contributed by atoms with Crippen molar-refractivity contribution < 1.29 is 18.3 Å². The normalized spacial score (nSPS) is 15.9. The van der Waals surface area contributed by atoms with E-state index in [4.69, 9.17) is 0 Å². The first-order valence-electron chi connectivity index (χ1n) is 5.27. The largest absolute Gasteiger partial charge is 0.398 e. The minimum Gasteiger partial charge on any atom is -0.391 e. The molecule has 0 aliphatic heterocycles. The van der Waals surface area contributed by atoms with Crippen LogP contribution in [0, 0.1) is 0 Å². The van der Waals surface area contributed by atoms with Gasteiger partial charge < -0.3 is 10.0 Å². The van der Waals surface area contributed by atoms with Crippen LogP contribution < -0.4 is 0 Å². The molecule has 1 aromatic rings. The summed E-state index contributed by atoms with van der Waals surface area (Å²) in [5.74, 6) is -1.84. The zero-order valence-electron chi connectivity index (χ0n) is 9.78. The highest BCUT2D eigenvalue weighted by molar-refractivity contribution is 5.22. The van der Waals surface area contributed by atoms with E-state index in [2.05, 4.69) is 0 Å². The van der Waals surface area contributed by atoms with Crippen molar-refractivity contribution in [2.24, 2.45) is 0 Å². The van der Waals surface area contributed by atoms with Crippen LogP contribution in [0.4, 0.5) is 13.2 Å². The highest BCUT2D eigenvalue weighted by atomic mass is 19.4. The van der Waals surface area contributed by atoms with Gasteiger partial charge >= 0.3 is 6.18 Å². The summed E-state index contributed by atoms with van der Waals surface area (Å²) in [6, 6.07) is 7.50. The van der Waals surface area contributed by atoms with E-state index in [-0.39, 0.29) is 12.1 Å². The van der Waals surface area contributed by atoms with Crippen molar-refractivity contribution in [3.8, 4) is 0 Å². The quantitative estimate of drug-likeness (QED) is 0.882. The summed E-state index contributed by atoms with van der Waals surface area (Å²) >= 11 is 0. The molecule has 2 atom stereocenters. The SMILES string of the molecule is CN(C)CC(O)C(c1ccccc1)C(F)(F)F. The molecule has 1 aromatic carbocycles. The first-order valence-corrected chi connectivity index (χ1v) is 5.27. The van der Waals surface area contributed by atoms with Gasteiger partial charge in [-0.2, -0.15) is 13.2 Å². The molecule has 2 nitrogen and oxygen atoms in total. The summed E-state index contributed by atoms with van der Waals surface area (Å²) < 4.78 is 38.8. The molecule has 0 amide bonds. The second kappa shape index (κ2) is 5.51. The van der Waals surface area contributed by atoms with Crippen molar-refractivity contribution in [3.05, 3.63) is 35.9 Å². The smallest absolute Gasteiger partial charge is 0.391 e. The third kappa shape index (κ3) is 4.02. The van der Waals surface area contributed by atoms with Crippen LogP contribution in [0.1, 0.15) is 11.5 Å². The number of hydrogen-bond acceptors (Lipinski definition) is 2. The summed E-state index contributed by atoms with van der Waals surface area (Å²) in [5.41, 5.74) is 0.0920. The molecule has 0 aliphatic carbocycles. The van der Waals surface area contributed by atoms with Crippen molar-refractivity contribution in [3.63, 3.8) is 0 Å². The van der Waals surface area contributed by atoms with Gasteiger partial charge in [0.25, 0.3) is 0 Å². The van der Waals surface area contributed by atoms with Crippen LogP contribution in [0.2, 0.25) is 0 Å². The van der Waals surface area contributed by atoms with Gasteiger partial charge in [0.15, 0.2) is 0 Å². The third-order valence-corrected chi connectivity index (χ3v) is 2.45. The standard InChI is InChI=1S/C12H16F3NO/c1-16(2)8-10(17)11(12(13,14)15)9-6-4-3-5-7-9/h3-7,10-11,17H,8H2,1-2H3. The number of alkyl halides is 3. The Morgan fingerprint density at radius 2 is 1.71 bits per heavy atom. The summed E-state index contributed by atoms with van der Waals surface area (Å²) in [4.78, 5) is 1.53. The summed E-state index contributed by atoms with van der Waals surface area (Å²) in [6.07, 6.45) is -5.91. The molecule has 0 aliphatic rings. The van der Waals surface area contributed by atoms with Crippen molar-refractivity contribution in [2.75, 3.05) is 20.6 Å². The average molecular weight is 247 g/mol. The highest BCUT2D eigenvalue weighted by Crippen LogP contribution is 2.37. The molecule has 1 rings (SSSR count). The van der Waals surface area contributed by atoms with E-state index in [1.807, 2.05) is 0 Å². The number of benzene rings is 1. The highest BCUT2D eigenvalue weighted by Gasteiger charge is 2.45. The van der Waals surface area contributed by atoms with Gasteiger partial charge in [0.2, 0.25) is 0 Å². The summed E-state index contributed by atoms with van der Waals surface area (Å²) in [6.45, 7) is -0.0287. The molecular weight excluding hydrogens is 231 g/mol. The number of nitrogens with zero attached hydrogens (tertiary/aromatic N) is 1. The second-order valence-electron chi connectivity index (χ2n) is 4.26. The summed E-state index contributed by atoms with van der Waals surface area (Å²) in [5, 5.41) is 9.71. The fraction of sp³-hybridized carbons (Fsp3) is 0.500. The molecule has 0 heterocycles. The second-order valence-corrected chi connectivity index (χ2v) is 4.26. The fourth-order valence-corrected chi connectivity index (χ4v) is 1.77. The van der Waals surface area contributed by atoms with E-state index < -0.39 is 18.2 Å². The molecule has 0 saturated carbocycles. The van der Waals surface area contributed by atoms with Crippen LogP contribution in [0.15, 0.2) is 30.3 Å². The lowest BCUT2D eigenvalue weighted by Crippen LogP contribution is -2.38. The Kier molecular flexibility index (Phi) is 4.54. The molecular formula is C12H16F3NO. The van der Waals surface area contributed by atoms with Gasteiger partial charge in [-0.3, -0.25) is 0 Å². The third-order valence-electron chi connectivity index (χ3n) is 2.45. The van der Waals surface area contributed by atoms with E-state index in [9.17, 15) is 18.3 Å². The molecule has 17 heavy (non-hydrogen) atoms. The average Bonchev–Trinajstić information content (AvgIpc) is 2.15. The van der Waals surface area contributed by atoms with Gasteiger partial charge in [-0.25, -0.2) is 0 Å². The van der Waals surface area contributed by atoms with Gasteiger partial charge in [-0.1, -0.05) is 30.3 Å². The molecule has 0 spiro atoms. The number of aliphatic hydroxyl groups is 1. The Bertz CT molecular complexity index is 337.